The van der Waals surface area contributed by atoms with Crippen molar-refractivity contribution in [3.05, 3.63) is 65.2 Å². The van der Waals surface area contributed by atoms with Crippen molar-refractivity contribution in [1.82, 2.24) is 5.32 Å². The number of anilines is 1. The van der Waals surface area contributed by atoms with Gasteiger partial charge in [-0.05, 0) is 36.8 Å². The van der Waals surface area contributed by atoms with Gasteiger partial charge >= 0.3 is 5.97 Å². The molecule has 2 amide bonds. The number of halogens is 2. The number of amides is 2. The maximum atomic E-state index is 13.5. The Morgan fingerprint density at radius 3 is 2.56 bits per heavy atom. The van der Waals surface area contributed by atoms with E-state index in [1.54, 1.807) is 18.2 Å². The highest BCUT2D eigenvalue weighted by Crippen LogP contribution is 2.12. The van der Waals surface area contributed by atoms with E-state index in [0.717, 1.165) is 12.1 Å². The standard InChI is InChI=1S/C19H18F2N2O4/c1-27-19(26)12-4-2-5-14(10-12)23-17(24)6-3-9-22-18(25)15-8-7-13(20)11-16(15)21/h2,4-5,7-8,10-11H,3,6,9H2,1H3,(H,22,25)(H,23,24). The maximum Gasteiger partial charge on any atom is 0.337 e. The lowest BCUT2D eigenvalue weighted by atomic mass is 10.2. The van der Waals surface area contributed by atoms with Crippen molar-refractivity contribution < 1.29 is 27.9 Å². The first-order valence-electron chi connectivity index (χ1n) is 8.12. The second-order valence-corrected chi connectivity index (χ2v) is 5.60. The summed E-state index contributed by atoms with van der Waals surface area (Å²) in [5.74, 6) is -3.22. The van der Waals surface area contributed by atoms with E-state index in [1.807, 2.05) is 0 Å². The van der Waals surface area contributed by atoms with Gasteiger partial charge in [0.05, 0.1) is 18.2 Å². The number of hydrogen-bond donors (Lipinski definition) is 2. The Bertz CT molecular complexity index is 855. The van der Waals surface area contributed by atoms with Gasteiger partial charge in [0.15, 0.2) is 0 Å². The van der Waals surface area contributed by atoms with Crippen molar-refractivity contribution in [2.75, 3.05) is 19.0 Å². The van der Waals surface area contributed by atoms with Crippen LogP contribution in [0.25, 0.3) is 0 Å². The molecule has 142 valence electrons. The molecule has 27 heavy (non-hydrogen) atoms. The monoisotopic (exact) mass is 376 g/mol. The fraction of sp³-hybridized carbons (Fsp3) is 0.211. The molecule has 2 rings (SSSR count). The molecule has 0 spiro atoms. The maximum absolute atomic E-state index is 13.5. The molecular weight excluding hydrogens is 358 g/mol. The highest BCUT2D eigenvalue weighted by Gasteiger charge is 2.12. The molecule has 0 aromatic heterocycles. The van der Waals surface area contributed by atoms with Crippen LogP contribution < -0.4 is 10.6 Å². The van der Waals surface area contributed by atoms with E-state index in [-0.39, 0.29) is 24.4 Å². The number of ether oxygens (including phenoxy) is 1. The van der Waals surface area contributed by atoms with Gasteiger partial charge < -0.3 is 15.4 Å². The van der Waals surface area contributed by atoms with Crippen LogP contribution in [-0.2, 0) is 9.53 Å². The van der Waals surface area contributed by atoms with Crippen molar-refractivity contribution >= 4 is 23.5 Å². The van der Waals surface area contributed by atoms with Crippen LogP contribution in [-0.4, -0.2) is 31.4 Å². The molecule has 0 aliphatic heterocycles. The first kappa shape index (κ1) is 20.0. The van der Waals surface area contributed by atoms with Crippen molar-refractivity contribution in [3.63, 3.8) is 0 Å². The van der Waals surface area contributed by atoms with E-state index in [1.165, 1.54) is 13.2 Å². The molecule has 8 heteroatoms. The second-order valence-electron chi connectivity index (χ2n) is 5.60. The lowest BCUT2D eigenvalue weighted by molar-refractivity contribution is -0.116. The molecule has 0 saturated heterocycles. The first-order valence-corrected chi connectivity index (χ1v) is 8.12. The quantitative estimate of drug-likeness (QED) is 0.575. The van der Waals surface area contributed by atoms with E-state index >= 15 is 0 Å². The fourth-order valence-corrected chi connectivity index (χ4v) is 2.28. The summed E-state index contributed by atoms with van der Waals surface area (Å²) in [4.78, 5) is 35.2. The molecule has 0 atom stereocenters. The molecule has 0 aliphatic rings. The second kappa shape index (κ2) is 9.42. The molecule has 0 bridgehead atoms. The van der Waals surface area contributed by atoms with E-state index in [9.17, 15) is 23.2 Å². The predicted molar refractivity (Wildman–Crippen MR) is 94.3 cm³/mol. The van der Waals surface area contributed by atoms with Crippen LogP contribution in [0.5, 0.6) is 0 Å². The summed E-state index contributed by atoms with van der Waals surface area (Å²) in [5.41, 5.74) is 0.490. The number of methoxy groups -OCH3 is 1. The van der Waals surface area contributed by atoms with Gasteiger partial charge in [0.1, 0.15) is 11.6 Å². The lowest BCUT2D eigenvalue weighted by Gasteiger charge is -2.08. The zero-order valence-electron chi connectivity index (χ0n) is 14.6. The van der Waals surface area contributed by atoms with Crippen LogP contribution in [0.2, 0.25) is 0 Å². The van der Waals surface area contributed by atoms with E-state index in [2.05, 4.69) is 15.4 Å². The normalized spacial score (nSPS) is 10.2. The van der Waals surface area contributed by atoms with Gasteiger partial charge in [0.25, 0.3) is 5.91 Å². The van der Waals surface area contributed by atoms with Crippen molar-refractivity contribution in [2.45, 2.75) is 12.8 Å². The van der Waals surface area contributed by atoms with Gasteiger partial charge in [-0.15, -0.1) is 0 Å². The smallest absolute Gasteiger partial charge is 0.337 e. The molecular formula is C19H18F2N2O4. The average molecular weight is 376 g/mol. The lowest BCUT2D eigenvalue weighted by Crippen LogP contribution is -2.26. The number of carbonyl (C=O) groups excluding carboxylic acids is 3. The van der Waals surface area contributed by atoms with Crippen LogP contribution in [0.3, 0.4) is 0 Å². The Hall–Kier alpha value is -3.29. The zero-order valence-corrected chi connectivity index (χ0v) is 14.6. The van der Waals surface area contributed by atoms with Crippen LogP contribution in [0.15, 0.2) is 42.5 Å². The number of rotatable bonds is 7. The molecule has 0 unspecified atom stereocenters. The molecule has 2 aromatic carbocycles. The number of esters is 1. The van der Waals surface area contributed by atoms with Crippen molar-refractivity contribution in [3.8, 4) is 0 Å². The summed E-state index contributed by atoms with van der Waals surface area (Å²) in [6, 6.07) is 8.97. The largest absolute Gasteiger partial charge is 0.465 e. The number of nitrogens with one attached hydrogen (secondary N) is 2. The third-order valence-electron chi connectivity index (χ3n) is 3.61. The predicted octanol–water partition coefficient (Wildman–Crippen LogP) is 2.90. The SMILES string of the molecule is COC(=O)c1cccc(NC(=O)CCCNC(=O)c2ccc(F)cc2F)c1. The molecule has 0 saturated carbocycles. The van der Waals surface area contributed by atoms with Gasteiger partial charge in [-0.3, -0.25) is 9.59 Å². The van der Waals surface area contributed by atoms with Gasteiger partial charge in [-0.25, -0.2) is 13.6 Å². The van der Waals surface area contributed by atoms with Crippen molar-refractivity contribution in [2.24, 2.45) is 0 Å². The summed E-state index contributed by atoms with van der Waals surface area (Å²) in [6.45, 7) is 0.144. The molecule has 2 N–H and O–H groups in total. The fourth-order valence-electron chi connectivity index (χ4n) is 2.28. The van der Waals surface area contributed by atoms with Crippen LogP contribution >= 0.6 is 0 Å². The number of hydrogen-bond acceptors (Lipinski definition) is 4. The van der Waals surface area contributed by atoms with Crippen LogP contribution in [0.4, 0.5) is 14.5 Å². The molecule has 6 nitrogen and oxygen atoms in total. The van der Waals surface area contributed by atoms with E-state index in [4.69, 9.17) is 0 Å². The minimum atomic E-state index is -0.948. The number of carbonyl (C=O) groups is 3. The Labute approximate surface area is 154 Å². The highest BCUT2D eigenvalue weighted by molar-refractivity contribution is 5.95. The minimum absolute atomic E-state index is 0.106. The Kier molecular flexibility index (Phi) is 6.99. The highest BCUT2D eigenvalue weighted by atomic mass is 19.1. The van der Waals surface area contributed by atoms with Gasteiger partial charge in [0, 0.05) is 24.7 Å². The summed E-state index contributed by atoms with van der Waals surface area (Å²) in [6.07, 6.45) is 0.422. The molecule has 0 aliphatic carbocycles. The Balaban J connectivity index is 1.78. The average Bonchev–Trinajstić information content (AvgIpc) is 2.64. The van der Waals surface area contributed by atoms with Gasteiger partial charge in [-0.2, -0.15) is 0 Å². The summed E-state index contributed by atoms with van der Waals surface area (Å²) in [5, 5.41) is 5.10. The van der Waals surface area contributed by atoms with E-state index in [0.29, 0.717) is 23.7 Å². The topological polar surface area (TPSA) is 84.5 Å². The zero-order chi connectivity index (χ0) is 19.8. The van der Waals surface area contributed by atoms with Crippen LogP contribution in [0.1, 0.15) is 33.6 Å². The molecule has 2 aromatic rings. The third-order valence-corrected chi connectivity index (χ3v) is 3.61. The molecule has 0 radical (unpaired) electrons. The molecule has 0 fully saturated rings. The summed E-state index contributed by atoms with van der Waals surface area (Å²) < 4.78 is 30.9. The summed E-state index contributed by atoms with van der Waals surface area (Å²) in [7, 11) is 1.26. The van der Waals surface area contributed by atoms with E-state index < -0.39 is 23.5 Å². The number of benzene rings is 2. The van der Waals surface area contributed by atoms with Gasteiger partial charge in [0.2, 0.25) is 5.91 Å². The van der Waals surface area contributed by atoms with Gasteiger partial charge in [-0.1, -0.05) is 6.07 Å². The Morgan fingerprint density at radius 1 is 1.07 bits per heavy atom. The minimum Gasteiger partial charge on any atom is -0.465 e. The van der Waals surface area contributed by atoms with Crippen LogP contribution in [0, 0.1) is 11.6 Å². The first-order chi connectivity index (χ1) is 12.9. The van der Waals surface area contributed by atoms with Crippen molar-refractivity contribution in [1.29, 1.82) is 0 Å². The summed E-state index contributed by atoms with van der Waals surface area (Å²) >= 11 is 0. The molecule has 0 heterocycles. The Morgan fingerprint density at radius 2 is 1.85 bits per heavy atom. The third kappa shape index (κ3) is 5.88.